The molecule has 3 rings (SSSR count). The first-order chi connectivity index (χ1) is 11.0. The van der Waals surface area contributed by atoms with Crippen LogP contribution in [0.15, 0.2) is 24.3 Å². The molecule has 0 spiro atoms. The molecule has 6 heteroatoms. The zero-order valence-corrected chi connectivity index (χ0v) is 14.2. The summed E-state index contributed by atoms with van der Waals surface area (Å²) in [6.45, 7) is 3.82. The number of hydrogen-bond donors (Lipinski definition) is 0. The Morgan fingerprint density at radius 2 is 1.83 bits per heavy atom. The van der Waals surface area contributed by atoms with E-state index in [1.165, 1.54) is 0 Å². The Balaban J connectivity index is 1.88. The van der Waals surface area contributed by atoms with Gasteiger partial charge < -0.3 is 14.4 Å². The van der Waals surface area contributed by atoms with Gasteiger partial charge in [-0.2, -0.15) is 0 Å². The van der Waals surface area contributed by atoms with Gasteiger partial charge in [0.15, 0.2) is 0 Å². The van der Waals surface area contributed by atoms with E-state index < -0.39 is 0 Å². The van der Waals surface area contributed by atoms with Crippen LogP contribution >= 0.6 is 0 Å². The molecule has 0 N–H and O–H groups in total. The Labute approximate surface area is 137 Å². The summed E-state index contributed by atoms with van der Waals surface area (Å²) in [6.07, 6.45) is 1.95. The van der Waals surface area contributed by atoms with Gasteiger partial charge in [-0.15, -0.1) is 10.2 Å². The zero-order valence-electron chi connectivity index (χ0n) is 14.2. The third kappa shape index (κ3) is 2.91. The van der Waals surface area contributed by atoms with Crippen LogP contribution in [0, 0.1) is 0 Å². The first-order valence-electron chi connectivity index (χ1n) is 7.90. The molecule has 2 aromatic rings. The Bertz CT molecular complexity index is 660. The van der Waals surface area contributed by atoms with Gasteiger partial charge in [-0.3, -0.25) is 4.57 Å². The zero-order chi connectivity index (χ0) is 16.4. The summed E-state index contributed by atoms with van der Waals surface area (Å²) in [6, 6.07) is 7.93. The van der Waals surface area contributed by atoms with E-state index in [4.69, 9.17) is 9.47 Å². The van der Waals surface area contributed by atoms with Crippen molar-refractivity contribution >= 4 is 11.6 Å². The second kappa shape index (κ2) is 6.20. The molecule has 0 aliphatic carbocycles. The Hall–Kier alpha value is -2.08. The third-order valence-electron chi connectivity index (χ3n) is 4.75. The number of rotatable bonds is 4. The summed E-state index contributed by atoms with van der Waals surface area (Å²) in [5.41, 5.74) is 1.07. The predicted octanol–water partition coefficient (Wildman–Crippen LogP) is 2.66. The molecule has 0 radical (unpaired) electrons. The molecule has 1 aliphatic rings. The van der Waals surface area contributed by atoms with Crippen LogP contribution in [0.2, 0.25) is 0 Å². The summed E-state index contributed by atoms with van der Waals surface area (Å²) < 4.78 is 12.8. The number of benzene rings is 1. The number of ether oxygens (including phenoxy) is 2. The van der Waals surface area contributed by atoms with Crippen LogP contribution in [-0.4, -0.2) is 42.1 Å². The van der Waals surface area contributed by atoms with Gasteiger partial charge in [0.1, 0.15) is 11.6 Å². The lowest BCUT2D eigenvalue weighted by molar-refractivity contribution is 0.0525. The maximum atomic E-state index is 5.49. The molecule has 0 atom stereocenters. The molecule has 23 heavy (non-hydrogen) atoms. The maximum Gasteiger partial charge on any atom is 0.231 e. The van der Waals surface area contributed by atoms with E-state index in [2.05, 4.69) is 21.7 Å². The minimum absolute atomic E-state index is 0.0268. The highest BCUT2D eigenvalue weighted by molar-refractivity contribution is 5.57. The molecule has 6 nitrogen and oxygen atoms in total. The number of aromatic nitrogens is 3. The fraction of sp³-hybridized carbons (Fsp3) is 0.529. The second-order valence-corrected chi connectivity index (χ2v) is 6.31. The van der Waals surface area contributed by atoms with E-state index in [-0.39, 0.29) is 5.41 Å². The summed E-state index contributed by atoms with van der Waals surface area (Å²) in [5, 5.41) is 8.90. The number of anilines is 2. The molecule has 1 saturated heterocycles. The first kappa shape index (κ1) is 15.8. The van der Waals surface area contributed by atoms with Crippen molar-refractivity contribution in [3.8, 4) is 5.75 Å². The molecular formula is C17H24N4O2. The standard InChI is InChI=1S/C17H24N4O2/c1-17(9-11-23-12-10-17)15-18-19-16(21(15)3)20(2)13-5-7-14(22-4)8-6-13/h5-8H,9-12H2,1-4H3. The van der Waals surface area contributed by atoms with Crippen molar-refractivity contribution in [2.45, 2.75) is 25.2 Å². The highest BCUT2D eigenvalue weighted by atomic mass is 16.5. The molecule has 2 heterocycles. The molecule has 0 bridgehead atoms. The van der Waals surface area contributed by atoms with Crippen LogP contribution in [0.25, 0.3) is 0 Å². The summed E-state index contributed by atoms with van der Waals surface area (Å²) in [4.78, 5) is 2.04. The van der Waals surface area contributed by atoms with Gasteiger partial charge in [-0.05, 0) is 37.1 Å². The van der Waals surface area contributed by atoms with Crippen molar-refractivity contribution < 1.29 is 9.47 Å². The smallest absolute Gasteiger partial charge is 0.231 e. The largest absolute Gasteiger partial charge is 0.497 e. The fourth-order valence-electron chi connectivity index (χ4n) is 3.11. The van der Waals surface area contributed by atoms with Crippen molar-refractivity contribution in [2.75, 3.05) is 32.3 Å². The lowest BCUT2D eigenvalue weighted by Crippen LogP contribution is -2.33. The normalized spacial score (nSPS) is 17.0. The van der Waals surface area contributed by atoms with Gasteiger partial charge in [0, 0.05) is 38.4 Å². The van der Waals surface area contributed by atoms with Crippen LogP contribution in [0.4, 0.5) is 11.6 Å². The van der Waals surface area contributed by atoms with Crippen molar-refractivity contribution in [1.29, 1.82) is 0 Å². The molecule has 1 aromatic carbocycles. The lowest BCUT2D eigenvalue weighted by Gasteiger charge is -2.32. The average molecular weight is 316 g/mol. The van der Waals surface area contributed by atoms with E-state index >= 15 is 0 Å². The second-order valence-electron chi connectivity index (χ2n) is 6.31. The minimum atomic E-state index is 0.0268. The number of nitrogens with zero attached hydrogens (tertiary/aromatic N) is 4. The molecule has 1 aliphatic heterocycles. The molecule has 1 aromatic heterocycles. The van der Waals surface area contributed by atoms with Crippen LogP contribution in [0.5, 0.6) is 5.75 Å². The Morgan fingerprint density at radius 3 is 2.43 bits per heavy atom. The number of hydrogen-bond acceptors (Lipinski definition) is 5. The summed E-state index contributed by atoms with van der Waals surface area (Å²) in [5.74, 6) is 2.70. The maximum absolute atomic E-state index is 5.49. The van der Waals surface area contributed by atoms with Gasteiger partial charge >= 0.3 is 0 Å². The molecule has 0 unspecified atom stereocenters. The predicted molar refractivity (Wildman–Crippen MR) is 89.5 cm³/mol. The van der Waals surface area contributed by atoms with Crippen LogP contribution in [-0.2, 0) is 17.2 Å². The lowest BCUT2D eigenvalue weighted by atomic mass is 9.81. The third-order valence-corrected chi connectivity index (χ3v) is 4.75. The summed E-state index contributed by atoms with van der Waals surface area (Å²) in [7, 11) is 5.70. The van der Waals surface area contributed by atoms with Crippen molar-refractivity contribution in [3.63, 3.8) is 0 Å². The van der Waals surface area contributed by atoms with E-state index in [1.807, 2.05) is 43.3 Å². The van der Waals surface area contributed by atoms with E-state index in [1.54, 1.807) is 7.11 Å². The first-order valence-corrected chi connectivity index (χ1v) is 7.90. The Morgan fingerprint density at radius 1 is 1.17 bits per heavy atom. The van der Waals surface area contributed by atoms with E-state index in [9.17, 15) is 0 Å². The van der Waals surface area contributed by atoms with E-state index in [0.29, 0.717) is 0 Å². The molecule has 0 amide bonds. The van der Waals surface area contributed by atoms with Crippen LogP contribution < -0.4 is 9.64 Å². The Kier molecular flexibility index (Phi) is 4.26. The monoisotopic (exact) mass is 316 g/mol. The van der Waals surface area contributed by atoms with Gasteiger partial charge in [0.05, 0.1) is 7.11 Å². The highest BCUT2D eigenvalue weighted by Crippen LogP contribution is 2.35. The van der Waals surface area contributed by atoms with Crippen molar-refractivity contribution in [3.05, 3.63) is 30.1 Å². The van der Waals surface area contributed by atoms with Crippen LogP contribution in [0.3, 0.4) is 0 Å². The topological polar surface area (TPSA) is 52.4 Å². The SMILES string of the molecule is COc1ccc(N(C)c2nnc(C3(C)CCOCC3)n2C)cc1. The van der Waals surface area contributed by atoms with Crippen molar-refractivity contribution in [2.24, 2.45) is 7.05 Å². The van der Waals surface area contributed by atoms with Gasteiger partial charge in [0.2, 0.25) is 5.95 Å². The quantitative estimate of drug-likeness (QED) is 0.868. The molecule has 0 saturated carbocycles. The summed E-state index contributed by atoms with van der Waals surface area (Å²) >= 11 is 0. The number of methoxy groups -OCH3 is 1. The van der Waals surface area contributed by atoms with Crippen LogP contribution in [0.1, 0.15) is 25.6 Å². The molecular weight excluding hydrogens is 292 g/mol. The van der Waals surface area contributed by atoms with Gasteiger partial charge in [-0.25, -0.2) is 0 Å². The van der Waals surface area contributed by atoms with E-state index in [0.717, 1.165) is 49.3 Å². The molecule has 1 fully saturated rings. The van der Waals surface area contributed by atoms with Gasteiger partial charge in [0.25, 0.3) is 0 Å². The highest BCUT2D eigenvalue weighted by Gasteiger charge is 2.34. The average Bonchev–Trinajstić information content (AvgIpc) is 2.97. The minimum Gasteiger partial charge on any atom is -0.497 e. The fourth-order valence-corrected chi connectivity index (χ4v) is 3.11. The van der Waals surface area contributed by atoms with Gasteiger partial charge in [-0.1, -0.05) is 6.92 Å². The molecule has 124 valence electrons. The van der Waals surface area contributed by atoms with Crippen molar-refractivity contribution in [1.82, 2.24) is 14.8 Å².